The van der Waals surface area contributed by atoms with E-state index in [9.17, 15) is 24.0 Å². The molecular formula is C29H56N12O6. The van der Waals surface area contributed by atoms with E-state index in [1.807, 2.05) is 0 Å². The highest BCUT2D eigenvalue weighted by Gasteiger charge is 2.40. The molecular weight excluding hydrogens is 612 g/mol. The summed E-state index contributed by atoms with van der Waals surface area (Å²) in [6.45, 7) is 4.66. The van der Waals surface area contributed by atoms with Crippen LogP contribution in [-0.2, 0) is 28.7 Å². The Morgan fingerprint density at radius 3 is 1.94 bits per heavy atom. The highest BCUT2D eigenvalue weighted by atomic mass is 16.5. The van der Waals surface area contributed by atoms with Crippen molar-refractivity contribution in [2.24, 2.45) is 50.3 Å². The number of guanidine groups is 2. The summed E-state index contributed by atoms with van der Waals surface area (Å²) in [6, 6.07) is -4.77. The predicted octanol–water partition coefficient (Wildman–Crippen LogP) is -3.18. The number of nitrogens with zero attached hydrogens (tertiary/aromatic N) is 3. The number of nitrogens with two attached hydrogens (primary N) is 6. The molecule has 0 radical (unpaired) electrons. The van der Waals surface area contributed by atoms with Crippen LogP contribution in [0.5, 0.6) is 0 Å². The molecule has 1 saturated heterocycles. The van der Waals surface area contributed by atoms with E-state index in [0.29, 0.717) is 51.5 Å². The molecule has 0 unspecified atom stereocenters. The van der Waals surface area contributed by atoms with Crippen LogP contribution in [0.4, 0.5) is 0 Å². The van der Waals surface area contributed by atoms with Crippen molar-refractivity contribution in [1.29, 1.82) is 0 Å². The number of nitrogens with one attached hydrogen (secondary N) is 3. The van der Waals surface area contributed by atoms with E-state index in [0.717, 1.165) is 0 Å². The van der Waals surface area contributed by atoms with Gasteiger partial charge in [0.1, 0.15) is 24.2 Å². The molecule has 0 saturated carbocycles. The third-order valence-electron chi connectivity index (χ3n) is 7.70. The standard InChI is InChI=1S/C29H56N12O6/c1-17(2)22(27(46)47-3)40-25(44)21-12-8-16-41(21)26(45)20(11-7-15-37-29(34)35)39-24(43)19(10-6-14-36-28(32)33)38-23(42)18(31)9-4-5-13-30/h17-22H,4-16,30-31H2,1-3H3,(H,38,42)(H,39,43)(H,40,44)(H4,32,33,36)(H4,34,35,37)/t18-,19-,20-,21-,22-/m0/s1. The molecule has 268 valence electrons. The summed E-state index contributed by atoms with van der Waals surface area (Å²) in [4.78, 5) is 75.4. The Balaban J connectivity index is 3.22. The lowest BCUT2D eigenvalue weighted by Gasteiger charge is -2.31. The third-order valence-corrected chi connectivity index (χ3v) is 7.70. The number of hydrogen-bond acceptors (Lipinski definition) is 10. The molecule has 4 amide bonds. The molecule has 0 aliphatic carbocycles. The van der Waals surface area contributed by atoms with E-state index in [1.54, 1.807) is 13.8 Å². The average molecular weight is 669 g/mol. The Hall–Kier alpha value is -4.19. The van der Waals surface area contributed by atoms with Gasteiger partial charge in [-0.1, -0.05) is 20.3 Å². The van der Waals surface area contributed by atoms with Crippen LogP contribution in [-0.4, -0.2) is 110 Å². The number of carbonyl (C=O) groups is 5. The second-order valence-electron chi connectivity index (χ2n) is 11.9. The van der Waals surface area contributed by atoms with Crippen LogP contribution in [0.2, 0.25) is 0 Å². The summed E-state index contributed by atoms with van der Waals surface area (Å²) in [5, 5.41) is 8.18. The van der Waals surface area contributed by atoms with Crippen molar-refractivity contribution in [3.8, 4) is 0 Å². The van der Waals surface area contributed by atoms with Gasteiger partial charge in [0, 0.05) is 19.6 Å². The summed E-state index contributed by atoms with van der Waals surface area (Å²) >= 11 is 0. The van der Waals surface area contributed by atoms with E-state index < -0.39 is 59.8 Å². The van der Waals surface area contributed by atoms with Crippen molar-refractivity contribution in [2.75, 3.05) is 33.3 Å². The van der Waals surface area contributed by atoms with Crippen LogP contribution < -0.4 is 50.4 Å². The molecule has 0 aromatic heterocycles. The first-order valence-corrected chi connectivity index (χ1v) is 16.1. The predicted molar refractivity (Wildman–Crippen MR) is 178 cm³/mol. The van der Waals surface area contributed by atoms with Gasteiger partial charge in [-0.2, -0.15) is 0 Å². The van der Waals surface area contributed by atoms with Crippen LogP contribution in [0.3, 0.4) is 0 Å². The third kappa shape index (κ3) is 14.8. The summed E-state index contributed by atoms with van der Waals surface area (Å²) in [5.74, 6) is -3.23. The lowest BCUT2D eigenvalue weighted by Crippen LogP contribution is -2.58. The maximum atomic E-state index is 14.0. The number of aliphatic imine (C=N–C) groups is 2. The Morgan fingerprint density at radius 1 is 0.830 bits per heavy atom. The zero-order chi connectivity index (χ0) is 35.5. The number of carbonyl (C=O) groups excluding carboxylic acids is 5. The molecule has 0 bridgehead atoms. The van der Waals surface area contributed by atoms with Gasteiger partial charge in [-0.3, -0.25) is 29.2 Å². The summed E-state index contributed by atoms with van der Waals surface area (Å²) in [5.41, 5.74) is 33.3. The number of likely N-dealkylation sites (tertiary alicyclic amines) is 1. The molecule has 1 heterocycles. The fraction of sp³-hybridized carbons (Fsp3) is 0.759. The Labute approximate surface area is 276 Å². The van der Waals surface area contributed by atoms with E-state index in [1.165, 1.54) is 12.0 Å². The molecule has 47 heavy (non-hydrogen) atoms. The molecule has 0 aromatic carbocycles. The fourth-order valence-corrected chi connectivity index (χ4v) is 5.10. The second kappa shape index (κ2) is 21.6. The zero-order valence-corrected chi connectivity index (χ0v) is 27.9. The van der Waals surface area contributed by atoms with Gasteiger partial charge in [0.2, 0.25) is 23.6 Å². The van der Waals surface area contributed by atoms with Crippen LogP contribution in [0.1, 0.15) is 71.6 Å². The molecule has 1 fully saturated rings. The summed E-state index contributed by atoms with van der Waals surface area (Å²) < 4.78 is 4.83. The van der Waals surface area contributed by atoms with Gasteiger partial charge in [-0.25, -0.2) is 4.79 Å². The smallest absolute Gasteiger partial charge is 0.328 e. The van der Waals surface area contributed by atoms with Crippen molar-refractivity contribution in [3.05, 3.63) is 0 Å². The minimum atomic E-state index is -1.08. The van der Waals surface area contributed by atoms with E-state index in [4.69, 9.17) is 39.1 Å². The van der Waals surface area contributed by atoms with Crippen LogP contribution in [0.15, 0.2) is 9.98 Å². The van der Waals surface area contributed by atoms with E-state index in [2.05, 4.69) is 25.9 Å². The second-order valence-corrected chi connectivity index (χ2v) is 11.9. The van der Waals surface area contributed by atoms with Gasteiger partial charge in [0.25, 0.3) is 0 Å². The highest BCUT2D eigenvalue weighted by Crippen LogP contribution is 2.21. The van der Waals surface area contributed by atoms with Gasteiger partial charge >= 0.3 is 5.97 Å². The van der Waals surface area contributed by atoms with E-state index >= 15 is 0 Å². The maximum Gasteiger partial charge on any atom is 0.328 e. The molecule has 0 aromatic rings. The van der Waals surface area contributed by atoms with Gasteiger partial charge in [0.15, 0.2) is 11.9 Å². The molecule has 1 aliphatic heterocycles. The number of amides is 4. The van der Waals surface area contributed by atoms with E-state index in [-0.39, 0.29) is 50.3 Å². The Kier molecular flexibility index (Phi) is 18.7. The summed E-state index contributed by atoms with van der Waals surface area (Å²) in [7, 11) is 1.23. The number of hydrogen-bond donors (Lipinski definition) is 9. The van der Waals surface area contributed by atoms with Gasteiger partial charge < -0.3 is 60.0 Å². The monoisotopic (exact) mass is 668 g/mol. The number of rotatable bonds is 21. The quantitative estimate of drug-likeness (QED) is 0.0253. The number of ether oxygens (including phenoxy) is 1. The van der Waals surface area contributed by atoms with Crippen LogP contribution in [0.25, 0.3) is 0 Å². The normalized spacial score (nSPS) is 16.7. The van der Waals surface area contributed by atoms with Crippen molar-refractivity contribution in [2.45, 2.75) is 102 Å². The van der Waals surface area contributed by atoms with Gasteiger partial charge in [-0.05, 0) is 63.8 Å². The molecule has 1 aliphatic rings. The van der Waals surface area contributed by atoms with Crippen LogP contribution in [0, 0.1) is 5.92 Å². The highest BCUT2D eigenvalue weighted by molar-refractivity contribution is 5.95. The first-order valence-electron chi connectivity index (χ1n) is 16.1. The fourth-order valence-electron chi connectivity index (χ4n) is 5.10. The minimum Gasteiger partial charge on any atom is -0.467 e. The SMILES string of the molecule is COC(=O)[C@@H](NC(=O)[C@@H]1CCCN1C(=O)[C@H](CCCN=C(N)N)NC(=O)[C@H](CCCN=C(N)N)NC(=O)[C@@H](N)CCCCN)C(C)C. The topological polar surface area (TPSA) is 315 Å². The lowest BCUT2D eigenvalue weighted by molar-refractivity contribution is -0.148. The zero-order valence-electron chi connectivity index (χ0n) is 27.9. The Bertz CT molecular complexity index is 1090. The minimum absolute atomic E-state index is 0.112. The number of esters is 1. The van der Waals surface area contributed by atoms with Gasteiger partial charge in [0.05, 0.1) is 13.2 Å². The van der Waals surface area contributed by atoms with Crippen molar-refractivity contribution in [1.82, 2.24) is 20.9 Å². The molecule has 1 rings (SSSR count). The molecule has 5 atom stereocenters. The first kappa shape index (κ1) is 40.8. The molecule has 15 N–H and O–H groups in total. The van der Waals surface area contributed by atoms with Crippen molar-refractivity contribution < 1.29 is 28.7 Å². The molecule has 18 heteroatoms. The maximum absolute atomic E-state index is 14.0. The largest absolute Gasteiger partial charge is 0.467 e. The number of methoxy groups -OCH3 is 1. The average Bonchev–Trinajstić information content (AvgIpc) is 3.51. The molecule has 18 nitrogen and oxygen atoms in total. The summed E-state index contributed by atoms with van der Waals surface area (Å²) in [6.07, 6.45) is 3.57. The van der Waals surface area contributed by atoms with Crippen molar-refractivity contribution >= 4 is 41.5 Å². The Morgan fingerprint density at radius 2 is 1.40 bits per heavy atom. The van der Waals surface area contributed by atoms with Crippen LogP contribution >= 0.6 is 0 Å². The molecule has 0 spiro atoms. The lowest BCUT2D eigenvalue weighted by atomic mass is 10.0. The number of unbranched alkanes of at least 4 members (excludes halogenated alkanes) is 1. The van der Waals surface area contributed by atoms with Crippen molar-refractivity contribution in [3.63, 3.8) is 0 Å². The van der Waals surface area contributed by atoms with Gasteiger partial charge in [-0.15, -0.1) is 0 Å². The first-order chi connectivity index (χ1) is 22.2.